The molecule has 4 rings (SSSR count). The van der Waals surface area contributed by atoms with Gasteiger partial charge in [0.15, 0.2) is 29.5 Å². The fraction of sp³-hybridized carbons (Fsp3) is 0.355. The Balaban J connectivity index is 1.48. The molecule has 1 fully saturated rings. The highest BCUT2D eigenvalue weighted by Gasteiger charge is 2.27. The molecule has 0 amide bonds. The van der Waals surface area contributed by atoms with Gasteiger partial charge in [-0.2, -0.15) is 4.39 Å². The van der Waals surface area contributed by atoms with Crippen LogP contribution in [0, 0.1) is 23.3 Å². The molecule has 1 aliphatic heterocycles. The van der Waals surface area contributed by atoms with Crippen molar-refractivity contribution in [1.29, 1.82) is 0 Å². The van der Waals surface area contributed by atoms with Crippen LogP contribution >= 0.6 is 0 Å². The second kappa shape index (κ2) is 13.1. The summed E-state index contributed by atoms with van der Waals surface area (Å²) in [4.78, 5) is 0. The van der Waals surface area contributed by atoms with Gasteiger partial charge >= 0.3 is 0 Å². The minimum atomic E-state index is -1.04. The molecule has 1 heterocycles. The second-order valence-electron chi connectivity index (χ2n) is 9.31. The molecule has 202 valence electrons. The van der Waals surface area contributed by atoms with Crippen molar-refractivity contribution in [3.05, 3.63) is 89.5 Å². The van der Waals surface area contributed by atoms with Crippen LogP contribution in [0.1, 0.15) is 51.0 Å². The molecular weight excluding hydrogens is 496 g/mol. The highest BCUT2D eigenvalue weighted by atomic mass is 19.2. The first-order valence-corrected chi connectivity index (χ1v) is 13.0. The van der Waals surface area contributed by atoms with Crippen molar-refractivity contribution in [3.8, 4) is 28.0 Å². The highest BCUT2D eigenvalue weighted by Crippen LogP contribution is 2.34. The summed E-state index contributed by atoms with van der Waals surface area (Å²) in [5.41, 5.74) is 1.13. The maximum Gasteiger partial charge on any atom is 0.201 e. The molecule has 1 saturated heterocycles. The Morgan fingerprint density at radius 2 is 1.37 bits per heavy atom. The topological polar surface area (TPSA) is 27.7 Å². The molecule has 38 heavy (non-hydrogen) atoms. The standard InChI is InChI=1S/C31H32F4O3/c1-3-5-6-7-17-36-26-16-15-24(30(34)31(26)35)21-11-9-20(10-12-21)23-13-14-25(29(33)28(23)32)22-18-37-27(8-4-2)38-19-22/h4,8-16,22,27H,3,5-7,17-19H2,1-2H3. The van der Waals surface area contributed by atoms with Crippen LogP contribution in [0.5, 0.6) is 5.75 Å². The van der Waals surface area contributed by atoms with Gasteiger partial charge in [-0.3, -0.25) is 0 Å². The number of rotatable bonds is 10. The van der Waals surface area contributed by atoms with E-state index in [0.717, 1.165) is 25.7 Å². The smallest absolute Gasteiger partial charge is 0.201 e. The van der Waals surface area contributed by atoms with Crippen LogP contribution in [-0.2, 0) is 9.47 Å². The Bertz CT molecular complexity index is 1250. The SMILES string of the molecule is CC=CC1OCC(c2ccc(-c3ccc(-c4ccc(OCCCCCC)c(F)c4F)cc3)c(F)c2F)CO1. The molecule has 0 bridgehead atoms. The third-order valence-corrected chi connectivity index (χ3v) is 6.63. The maximum absolute atomic E-state index is 15.1. The summed E-state index contributed by atoms with van der Waals surface area (Å²) in [6, 6.07) is 12.1. The second-order valence-corrected chi connectivity index (χ2v) is 9.31. The molecule has 0 saturated carbocycles. The van der Waals surface area contributed by atoms with Crippen LogP contribution in [0.3, 0.4) is 0 Å². The lowest BCUT2D eigenvalue weighted by Gasteiger charge is -2.28. The van der Waals surface area contributed by atoms with E-state index >= 15 is 8.78 Å². The van der Waals surface area contributed by atoms with E-state index in [4.69, 9.17) is 14.2 Å². The average molecular weight is 529 g/mol. The number of ether oxygens (including phenoxy) is 3. The summed E-state index contributed by atoms with van der Waals surface area (Å²) in [6.45, 7) is 4.68. The lowest BCUT2D eigenvalue weighted by atomic mass is 9.94. The molecule has 7 heteroatoms. The van der Waals surface area contributed by atoms with Crippen LogP contribution in [0.15, 0.2) is 60.7 Å². The van der Waals surface area contributed by atoms with Gasteiger partial charge in [-0.25, -0.2) is 13.2 Å². The fourth-order valence-electron chi connectivity index (χ4n) is 4.48. The minimum absolute atomic E-state index is 0.0582. The Hall–Kier alpha value is -3.16. The summed E-state index contributed by atoms with van der Waals surface area (Å²) < 4.78 is 76.0. The maximum atomic E-state index is 15.1. The molecule has 0 radical (unpaired) electrons. The van der Waals surface area contributed by atoms with Gasteiger partial charge in [-0.1, -0.05) is 68.7 Å². The molecule has 0 aromatic heterocycles. The monoisotopic (exact) mass is 528 g/mol. The molecule has 0 atom stereocenters. The summed E-state index contributed by atoms with van der Waals surface area (Å²) in [7, 11) is 0. The molecule has 0 N–H and O–H groups in total. The lowest BCUT2D eigenvalue weighted by molar-refractivity contribution is -0.159. The van der Waals surface area contributed by atoms with E-state index in [-0.39, 0.29) is 35.7 Å². The Morgan fingerprint density at radius 3 is 1.97 bits per heavy atom. The summed E-state index contributed by atoms with van der Waals surface area (Å²) in [6.07, 6.45) is 6.95. The molecule has 0 unspecified atom stereocenters. The first-order chi connectivity index (χ1) is 18.4. The van der Waals surface area contributed by atoms with E-state index in [2.05, 4.69) is 6.92 Å². The van der Waals surface area contributed by atoms with Crippen LogP contribution in [0.2, 0.25) is 0 Å². The number of halogens is 4. The van der Waals surface area contributed by atoms with E-state index in [1.54, 1.807) is 36.4 Å². The van der Waals surface area contributed by atoms with E-state index in [9.17, 15) is 8.78 Å². The van der Waals surface area contributed by atoms with Crippen LogP contribution in [-0.4, -0.2) is 26.1 Å². The van der Waals surface area contributed by atoms with E-state index < -0.39 is 35.5 Å². The van der Waals surface area contributed by atoms with E-state index in [1.807, 2.05) is 6.92 Å². The van der Waals surface area contributed by atoms with Crippen molar-refractivity contribution in [1.82, 2.24) is 0 Å². The Kier molecular flexibility index (Phi) is 9.58. The van der Waals surface area contributed by atoms with Gasteiger partial charge < -0.3 is 14.2 Å². The van der Waals surface area contributed by atoms with Crippen LogP contribution < -0.4 is 4.74 Å². The number of unbranched alkanes of at least 4 members (excludes halogenated alkanes) is 3. The van der Waals surface area contributed by atoms with Gasteiger partial charge in [-0.15, -0.1) is 0 Å². The van der Waals surface area contributed by atoms with Crippen LogP contribution in [0.25, 0.3) is 22.3 Å². The third kappa shape index (κ3) is 6.27. The number of allylic oxidation sites excluding steroid dienone is 1. The minimum Gasteiger partial charge on any atom is -0.490 e. The van der Waals surface area contributed by atoms with Gasteiger partial charge in [0.05, 0.1) is 19.8 Å². The Labute approximate surface area is 221 Å². The van der Waals surface area contributed by atoms with Crippen molar-refractivity contribution in [3.63, 3.8) is 0 Å². The normalized spacial score (nSPS) is 17.7. The summed E-state index contributed by atoms with van der Waals surface area (Å²) >= 11 is 0. The number of hydrogen-bond acceptors (Lipinski definition) is 3. The van der Waals surface area contributed by atoms with Gasteiger partial charge in [0, 0.05) is 17.0 Å². The van der Waals surface area contributed by atoms with Gasteiger partial charge in [0.2, 0.25) is 5.82 Å². The molecule has 3 aromatic rings. The number of hydrogen-bond donors (Lipinski definition) is 0. The predicted molar refractivity (Wildman–Crippen MR) is 140 cm³/mol. The molecular formula is C31H32F4O3. The highest BCUT2D eigenvalue weighted by molar-refractivity contribution is 5.72. The van der Waals surface area contributed by atoms with Crippen molar-refractivity contribution >= 4 is 0 Å². The molecule has 0 aliphatic carbocycles. The first-order valence-electron chi connectivity index (χ1n) is 13.0. The van der Waals surface area contributed by atoms with Crippen LogP contribution in [0.4, 0.5) is 17.6 Å². The van der Waals surface area contributed by atoms with E-state index in [1.165, 1.54) is 24.3 Å². The third-order valence-electron chi connectivity index (χ3n) is 6.63. The van der Waals surface area contributed by atoms with Gasteiger partial charge in [-0.05, 0) is 48.2 Å². The molecule has 1 aliphatic rings. The lowest BCUT2D eigenvalue weighted by Crippen LogP contribution is -2.30. The summed E-state index contributed by atoms with van der Waals surface area (Å²) in [5.74, 6) is -4.54. The largest absolute Gasteiger partial charge is 0.490 e. The molecule has 3 aromatic carbocycles. The van der Waals surface area contributed by atoms with Gasteiger partial charge in [0.25, 0.3) is 0 Å². The van der Waals surface area contributed by atoms with Crippen molar-refractivity contribution in [2.45, 2.75) is 51.7 Å². The van der Waals surface area contributed by atoms with Crippen molar-refractivity contribution in [2.75, 3.05) is 19.8 Å². The van der Waals surface area contributed by atoms with Crippen molar-refractivity contribution in [2.24, 2.45) is 0 Å². The van der Waals surface area contributed by atoms with Crippen molar-refractivity contribution < 1.29 is 31.8 Å². The zero-order valence-electron chi connectivity index (χ0n) is 21.6. The molecule has 3 nitrogen and oxygen atoms in total. The average Bonchev–Trinajstić information content (AvgIpc) is 2.93. The fourth-order valence-corrected chi connectivity index (χ4v) is 4.48. The van der Waals surface area contributed by atoms with E-state index in [0.29, 0.717) is 17.7 Å². The number of benzene rings is 3. The van der Waals surface area contributed by atoms with Gasteiger partial charge in [0.1, 0.15) is 0 Å². The Morgan fingerprint density at radius 1 is 0.763 bits per heavy atom. The predicted octanol–water partition coefficient (Wildman–Crippen LogP) is 8.57. The summed E-state index contributed by atoms with van der Waals surface area (Å²) in [5, 5.41) is 0. The zero-order chi connectivity index (χ0) is 27.1. The quantitative estimate of drug-likeness (QED) is 0.150. The molecule has 0 spiro atoms. The zero-order valence-corrected chi connectivity index (χ0v) is 21.6. The first kappa shape index (κ1) is 27.9.